The van der Waals surface area contributed by atoms with E-state index in [4.69, 9.17) is 9.47 Å². The molecule has 31 heavy (non-hydrogen) atoms. The number of rotatable bonds is 5. The first-order valence-corrected chi connectivity index (χ1v) is 10.2. The number of phenolic OH excluding ortho intramolecular Hbond substituents is 1. The van der Waals surface area contributed by atoms with Crippen LogP contribution in [0.4, 0.5) is 0 Å². The average molecular weight is 410 g/mol. The molecule has 1 atom stereocenters. The smallest absolute Gasteiger partial charge is 0.178 e. The van der Waals surface area contributed by atoms with Gasteiger partial charge in [-0.3, -0.25) is 0 Å². The van der Waals surface area contributed by atoms with Crippen molar-refractivity contribution in [1.29, 1.82) is 0 Å². The van der Waals surface area contributed by atoms with Crippen molar-refractivity contribution in [2.24, 2.45) is 0 Å². The molecule has 0 radical (unpaired) electrons. The van der Waals surface area contributed by atoms with Crippen LogP contribution in [-0.2, 0) is 5.60 Å². The molecule has 0 aromatic heterocycles. The van der Waals surface area contributed by atoms with Crippen molar-refractivity contribution in [3.05, 3.63) is 108 Å². The molecule has 1 unspecified atom stereocenters. The number of hydrogen-bond acceptors (Lipinski definition) is 4. The van der Waals surface area contributed by atoms with Crippen molar-refractivity contribution in [3.63, 3.8) is 0 Å². The number of aliphatic hydroxyl groups excluding tert-OH is 1. The third-order valence-corrected chi connectivity index (χ3v) is 5.60. The summed E-state index contributed by atoms with van der Waals surface area (Å²) in [5, 5.41) is 21.3. The van der Waals surface area contributed by atoms with Gasteiger partial charge in [0, 0.05) is 16.7 Å². The number of phenols is 1. The van der Waals surface area contributed by atoms with E-state index >= 15 is 0 Å². The van der Waals surface area contributed by atoms with E-state index in [-0.39, 0.29) is 19.0 Å². The minimum Gasteiger partial charge on any atom is -0.508 e. The molecule has 4 heteroatoms. The van der Waals surface area contributed by atoms with Crippen molar-refractivity contribution in [3.8, 4) is 17.2 Å². The Morgan fingerprint density at radius 1 is 0.839 bits per heavy atom. The Morgan fingerprint density at radius 3 is 2.32 bits per heavy atom. The second kappa shape index (κ2) is 7.82. The molecule has 0 spiro atoms. The molecule has 1 aliphatic heterocycles. The number of hydrogen-bond donors (Lipinski definition) is 2. The molecule has 154 valence electrons. The lowest BCUT2D eigenvalue weighted by Crippen LogP contribution is -2.34. The Balaban J connectivity index is 1.75. The summed E-state index contributed by atoms with van der Waals surface area (Å²) in [6, 6.07) is 27.1. The van der Waals surface area contributed by atoms with E-state index in [0.717, 1.165) is 27.5 Å². The maximum Gasteiger partial charge on any atom is 0.178 e. The molecule has 0 saturated heterocycles. The Hall–Kier alpha value is -3.76. The van der Waals surface area contributed by atoms with Crippen LogP contribution >= 0.6 is 0 Å². The van der Waals surface area contributed by atoms with Crippen LogP contribution in [0.3, 0.4) is 0 Å². The maximum atomic E-state index is 9.82. The van der Waals surface area contributed by atoms with Gasteiger partial charge in [-0.05, 0) is 41.1 Å². The summed E-state index contributed by atoms with van der Waals surface area (Å²) in [7, 11) is 0. The van der Waals surface area contributed by atoms with Crippen molar-refractivity contribution in [2.75, 3.05) is 13.2 Å². The number of ether oxygens (including phenoxy) is 2. The summed E-state index contributed by atoms with van der Waals surface area (Å²) < 4.78 is 12.7. The lowest BCUT2D eigenvalue weighted by atomic mass is 9.83. The van der Waals surface area contributed by atoms with Crippen LogP contribution in [0.25, 0.3) is 16.8 Å². The van der Waals surface area contributed by atoms with Gasteiger partial charge in [-0.15, -0.1) is 0 Å². The zero-order valence-corrected chi connectivity index (χ0v) is 16.9. The lowest BCUT2D eigenvalue weighted by molar-refractivity contribution is 0.144. The SMILES string of the molecule is OCCOc1cc2ccccc2c2c1OC(c1ccccc1)(c1ccc(O)cc1)C=C2. The summed E-state index contributed by atoms with van der Waals surface area (Å²) >= 11 is 0. The van der Waals surface area contributed by atoms with E-state index in [2.05, 4.69) is 18.2 Å². The molecule has 0 bridgehead atoms. The van der Waals surface area contributed by atoms with E-state index in [1.165, 1.54) is 0 Å². The van der Waals surface area contributed by atoms with Crippen LogP contribution in [-0.4, -0.2) is 23.4 Å². The van der Waals surface area contributed by atoms with Crippen LogP contribution in [0.5, 0.6) is 17.2 Å². The lowest BCUT2D eigenvalue weighted by Gasteiger charge is -2.37. The molecular weight excluding hydrogens is 388 g/mol. The molecule has 0 fully saturated rings. The van der Waals surface area contributed by atoms with Gasteiger partial charge in [0.05, 0.1) is 6.61 Å². The van der Waals surface area contributed by atoms with Crippen molar-refractivity contribution in [1.82, 2.24) is 0 Å². The second-order valence-corrected chi connectivity index (χ2v) is 7.49. The minimum absolute atomic E-state index is 0.0841. The maximum absolute atomic E-state index is 9.82. The molecular formula is C27H22O4. The highest BCUT2D eigenvalue weighted by Crippen LogP contribution is 2.48. The van der Waals surface area contributed by atoms with Crippen LogP contribution in [0.15, 0.2) is 91.0 Å². The van der Waals surface area contributed by atoms with Gasteiger partial charge in [0.15, 0.2) is 17.1 Å². The van der Waals surface area contributed by atoms with Gasteiger partial charge in [0.1, 0.15) is 12.4 Å². The Morgan fingerprint density at radius 2 is 1.55 bits per heavy atom. The number of benzene rings is 4. The molecule has 4 nitrogen and oxygen atoms in total. The Labute approximate surface area is 180 Å². The topological polar surface area (TPSA) is 58.9 Å². The summed E-state index contributed by atoms with van der Waals surface area (Å²) in [5.74, 6) is 1.42. The standard InChI is InChI=1S/C27H22O4/c28-16-17-30-25-18-19-6-4-5-9-23(19)24-14-15-27(31-26(24)25,20-7-2-1-3-8-20)21-10-12-22(29)13-11-21/h1-15,18,28-29H,16-17H2. The fourth-order valence-corrected chi connectivity index (χ4v) is 4.13. The highest BCUT2D eigenvalue weighted by atomic mass is 16.5. The molecule has 1 aliphatic rings. The van der Waals surface area contributed by atoms with Gasteiger partial charge in [-0.1, -0.05) is 66.7 Å². The normalized spacial score (nSPS) is 17.2. The summed E-state index contributed by atoms with van der Waals surface area (Å²) in [5.41, 5.74) is 1.90. The van der Waals surface area contributed by atoms with Crippen LogP contribution in [0, 0.1) is 0 Å². The molecule has 2 N–H and O–H groups in total. The highest BCUT2D eigenvalue weighted by Gasteiger charge is 2.38. The van der Waals surface area contributed by atoms with E-state index < -0.39 is 5.60 Å². The van der Waals surface area contributed by atoms with Gasteiger partial charge in [-0.25, -0.2) is 0 Å². The van der Waals surface area contributed by atoms with Crippen molar-refractivity contribution >= 4 is 16.8 Å². The Kier molecular flexibility index (Phi) is 4.85. The van der Waals surface area contributed by atoms with Gasteiger partial charge in [-0.2, -0.15) is 0 Å². The molecule has 4 aromatic carbocycles. The second-order valence-electron chi connectivity index (χ2n) is 7.49. The zero-order valence-electron chi connectivity index (χ0n) is 16.9. The quantitative estimate of drug-likeness (QED) is 0.471. The molecule has 5 rings (SSSR count). The summed E-state index contributed by atoms with van der Waals surface area (Å²) in [6.07, 6.45) is 4.13. The number of aromatic hydroxyl groups is 1. The van der Waals surface area contributed by atoms with Crippen molar-refractivity contribution in [2.45, 2.75) is 5.60 Å². The van der Waals surface area contributed by atoms with E-state index in [9.17, 15) is 10.2 Å². The first-order valence-electron chi connectivity index (χ1n) is 10.2. The average Bonchev–Trinajstić information content (AvgIpc) is 2.83. The van der Waals surface area contributed by atoms with Crippen LogP contribution < -0.4 is 9.47 Å². The van der Waals surface area contributed by atoms with Crippen LogP contribution in [0.2, 0.25) is 0 Å². The third kappa shape index (κ3) is 3.31. The summed E-state index contributed by atoms with van der Waals surface area (Å²) in [4.78, 5) is 0. The monoisotopic (exact) mass is 410 g/mol. The zero-order chi connectivity index (χ0) is 21.3. The van der Waals surface area contributed by atoms with Gasteiger partial charge in [0.25, 0.3) is 0 Å². The molecule has 0 aliphatic carbocycles. The van der Waals surface area contributed by atoms with E-state index in [0.29, 0.717) is 11.5 Å². The van der Waals surface area contributed by atoms with Gasteiger partial charge < -0.3 is 19.7 Å². The van der Waals surface area contributed by atoms with Gasteiger partial charge >= 0.3 is 0 Å². The Bertz CT molecular complexity index is 1250. The largest absolute Gasteiger partial charge is 0.508 e. The van der Waals surface area contributed by atoms with E-state index in [1.807, 2.05) is 66.7 Å². The first kappa shape index (κ1) is 19.2. The summed E-state index contributed by atoms with van der Waals surface area (Å²) in [6.45, 7) is 0.0919. The molecule has 0 saturated carbocycles. The minimum atomic E-state index is -0.887. The fourth-order valence-electron chi connectivity index (χ4n) is 4.13. The van der Waals surface area contributed by atoms with E-state index in [1.54, 1.807) is 12.1 Å². The molecule has 1 heterocycles. The number of aliphatic hydroxyl groups is 1. The molecule has 0 amide bonds. The first-order chi connectivity index (χ1) is 15.2. The number of fused-ring (bicyclic) bond motifs is 3. The third-order valence-electron chi connectivity index (χ3n) is 5.60. The van der Waals surface area contributed by atoms with Crippen molar-refractivity contribution < 1.29 is 19.7 Å². The fraction of sp³-hybridized carbons (Fsp3) is 0.111. The predicted molar refractivity (Wildman–Crippen MR) is 122 cm³/mol. The van der Waals surface area contributed by atoms with Crippen LogP contribution in [0.1, 0.15) is 16.7 Å². The molecule has 4 aromatic rings. The predicted octanol–water partition coefficient (Wildman–Crippen LogP) is 5.27. The highest BCUT2D eigenvalue weighted by molar-refractivity contribution is 5.96. The van der Waals surface area contributed by atoms with Gasteiger partial charge in [0.2, 0.25) is 0 Å².